The van der Waals surface area contributed by atoms with Crippen LogP contribution >= 0.6 is 0 Å². The van der Waals surface area contributed by atoms with Crippen LogP contribution in [0.3, 0.4) is 0 Å². The molecular formula is C17H27NO. The highest BCUT2D eigenvalue weighted by molar-refractivity contribution is 5.34. The van der Waals surface area contributed by atoms with E-state index in [4.69, 9.17) is 10.5 Å². The van der Waals surface area contributed by atoms with Gasteiger partial charge in [-0.3, -0.25) is 0 Å². The molecule has 1 aromatic rings. The second-order valence-electron chi connectivity index (χ2n) is 6.01. The number of rotatable bonds is 4. The molecule has 0 heterocycles. The van der Waals surface area contributed by atoms with Crippen LogP contribution in [-0.4, -0.2) is 18.8 Å². The molecule has 0 bridgehead atoms. The lowest BCUT2D eigenvalue weighted by atomic mass is 9.77. The molecule has 0 aromatic heterocycles. The number of benzene rings is 1. The Labute approximate surface area is 117 Å². The van der Waals surface area contributed by atoms with Crippen LogP contribution in [0.15, 0.2) is 18.2 Å². The minimum Gasteiger partial charge on any atom is -0.377 e. The van der Waals surface area contributed by atoms with Gasteiger partial charge < -0.3 is 10.5 Å². The largest absolute Gasteiger partial charge is 0.377 e. The van der Waals surface area contributed by atoms with Crippen LogP contribution in [-0.2, 0) is 11.2 Å². The van der Waals surface area contributed by atoms with Crippen LogP contribution in [0.1, 0.15) is 48.8 Å². The van der Waals surface area contributed by atoms with Crippen molar-refractivity contribution in [3.8, 4) is 0 Å². The van der Waals surface area contributed by atoms with Crippen molar-refractivity contribution in [1.29, 1.82) is 0 Å². The Balaban J connectivity index is 2.17. The molecule has 2 N–H and O–H groups in total. The number of hydrogen-bond acceptors (Lipinski definition) is 2. The zero-order valence-electron chi connectivity index (χ0n) is 12.5. The van der Waals surface area contributed by atoms with Gasteiger partial charge in [0.25, 0.3) is 0 Å². The lowest BCUT2D eigenvalue weighted by Crippen LogP contribution is -2.52. The first-order valence-corrected chi connectivity index (χ1v) is 7.45. The maximum atomic E-state index is 6.54. The molecular weight excluding hydrogens is 234 g/mol. The van der Waals surface area contributed by atoms with Gasteiger partial charge in [-0.05, 0) is 49.8 Å². The summed E-state index contributed by atoms with van der Waals surface area (Å²) in [6, 6.07) is 6.56. The summed E-state index contributed by atoms with van der Waals surface area (Å²) in [6.45, 7) is 4.35. The van der Waals surface area contributed by atoms with Crippen molar-refractivity contribution >= 4 is 0 Å². The minimum absolute atomic E-state index is 0.0950. The fraction of sp³-hybridized carbons (Fsp3) is 0.647. The van der Waals surface area contributed by atoms with E-state index in [-0.39, 0.29) is 11.6 Å². The summed E-state index contributed by atoms with van der Waals surface area (Å²) < 4.78 is 5.87. The number of aryl methyl sites for hydroxylation is 2. The van der Waals surface area contributed by atoms with Crippen LogP contribution in [0.2, 0.25) is 0 Å². The minimum atomic E-state index is -0.104. The van der Waals surface area contributed by atoms with Gasteiger partial charge in [0, 0.05) is 13.2 Å². The monoisotopic (exact) mass is 261 g/mol. The van der Waals surface area contributed by atoms with Crippen molar-refractivity contribution < 1.29 is 4.74 Å². The Bertz CT molecular complexity index is 401. The molecule has 0 radical (unpaired) electrons. The van der Waals surface area contributed by atoms with Crippen molar-refractivity contribution in [3.63, 3.8) is 0 Å². The molecule has 2 rings (SSSR count). The Morgan fingerprint density at radius 2 is 1.74 bits per heavy atom. The standard InChI is InChI=1S/C17H27NO/c1-13-8-7-9-14(2)15(13)12-16(18)17(19-3)10-5-4-6-11-17/h7-9,16H,4-6,10-12,18H2,1-3H3. The third kappa shape index (κ3) is 3.01. The van der Waals surface area contributed by atoms with Crippen LogP contribution in [0.4, 0.5) is 0 Å². The van der Waals surface area contributed by atoms with Gasteiger partial charge in [-0.15, -0.1) is 0 Å². The second-order valence-corrected chi connectivity index (χ2v) is 6.01. The first-order chi connectivity index (χ1) is 9.09. The lowest BCUT2D eigenvalue weighted by Gasteiger charge is -2.41. The molecule has 1 aromatic carbocycles. The predicted molar refractivity (Wildman–Crippen MR) is 80.4 cm³/mol. The van der Waals surface area contributed by atoms with Gasteiger partial charge in [0.2, 0.25) is 0 Å². The van der Waals surface area contributed by atoms with E-state index in [1.165, 1.54) is 36.0 Å². The quantitative estimate of drug-likeness (QED) is 0.900. The summed E-state index contributed by atoms with van der Waals surface area (Å²) in [7, 11) is 1.83. The van der Waals surface area contributed by atoms with E-state index in [9.17, 15) is 0 Å². The number of ether oxygens (including phenoxy) is 1. The van der Waals surface area contributed by atoms with Gasteiger partial charge in [0.1, 0.15) is 0 Å². The number of nitrogens with two attached hydrogens (primary N) is 1. The summed E-state index contributed by atoms with van der Waals surface area (Å²) >= 11 is 0. The Kier molecular flexibility index (Phi) is 4.64. The van der Waals surface area contributed by atoms with Crippen LogP contribution in [0.25, 0.3) is 0 Å². The second kappa shape index (κ2) is 6.06. The molecule has 0 amide bonds. The molecule has 0 saturated heterocycles. The zero-order valence-corrected chi connectivity index (χ0v) is 12.5. The summed E-state index contributed by atoms with van der Waals surface area (Å²) in [5.74, 6) is 0. The summed E-state index contributed by atoms with van der Waals surface area (Å²) in [5, 5.41) is 0. The van der Waals surface area contributed by atoms with Crippen LogP contribution in [0, 0.1) is 13.8 Å². The van der Waals surface area contributed by atoms with E-state index in [2.05, 4.69) is 32.0 Å². The molecule has 1 atom stereocenters. The molecule has 1 unspecified atom stereocenters. The van der Waals surface area contributed by atoms with Gasteiger partial charge in [0.15, 0.2) is 0 Å². The molecule has 1 aliphatic rings. The van der Waals surface area contributed by atoms with E-state index >= 15 is 0 Å². The van der Waals surface area contributed by atoms with Crippen LogP contribution < -0.4 is 5.73 Å². The number of hydrogen-bond donors (Lipinski definition) is 1. The molecule has 2 nitrogen and oxygen atoms in total. The maximum absolute atomic E-state index is 6.54. The summed E-state index contributed by atoms with van der Waals surface area (Å²) in [5.41, 5.74) is 10.5. The Morgan fingerprint density at radius 1 is 1.16 bits per heavy atom. The van der Waals surface area contributed by atoms with Crippen molar-refractivity contribution in [2.75, 3.05) is 7.11 Å². The highest BCUT2D eigenvalue weighted by atomic mass is 16.5. The molecule has 0 aliphatic heterocycles. The smallest absolute Gasteiger partial charge is 0.0832 e. The first-order valence-electron chi connectivity index (χ1n) is 7.45. The Hall–Kier alpha value is -0.860. The first kappa shape index (κ1) is 14.5. The molecule has 1 aliphatic carbocycles. The van der Waals surface area contributed by atoms with Gasteiger partial charge in [-0.2, -0.15) is 0 Å². The highest BCUT2D eigenvalue weighted by Gasteiger charge is 2.38. The fourth-order valence-electron chi connectivity index (χ4n) is 3.45. The van der Waals surface area contributed by atoms with Gasteiger partial charge in [0.05, 0.1) is 5.60 Å². The fourth-order valence-corrected chi connectivity index (χ4v) is 3.45. The molecule has 106 valence electrons. The molecule has 1 fully saturated rings. The van der Waals surface area contributed by atoms with E-state index in [1.54, 1.807) is 0 Å². The topological polar surface area (TPSA) is 35.2 Å². The third-order valence-electron chi connectivity index (χ3n) is 4.85. The molecule has 0 spiro atoms. The van der Waals surface area contributed by atoms with Crippen LogP contribution in [0.5, 0.6) is 0 Å². The van der Waals surface area contributed by atoms with Crippen molar-refractivity contribution in [2.24, 2.45) is 5.73 Å². The van der Waals surface area contributed by atoms with Crippen molar-refractivity contribution in [3.05, 3.63) is 34.9 Å². The van der Waals surface area contributed by atoms with E-state index < -0.39 is 0 Å². The molecule has 2 heteroatoms. The highest BCUT2D eigenvalue weighted by Crippen LogP contribution is 2.35. The molecule has 1 saturated carbocycles. The summed E-state index contributed by atoms with van der Waals surface area (Å²) in [4.78, 5) is 0. The third-order valence-corrected chi connectivity index (χ3v) is 4.85. The lowest BCUT2D eigenvalue weighted by molar-refractivity contribution is -0.0583. The maximum Gasteiger partial charge on any atom is 0.0832 e. The SMILES string of the molecule is COC1(C(N)Cc2c(C)cccc2C)CCCCC1. The number of methoxy groups -OCH3 is 1. The van der Waals surface area contributed by atoms with E-state index in [1.807, 2.05) is 7.11 Å². The molecule has 19 heavy (non-hydrogen) atoms. The van der Waals surface area contributed by atoms with Gasteiger partial charge >= 0.3 is 0 Å². The normalized spacial score (nSPS) is 20.2. The van der Waals surface area contributed by atoms with Gasteiger partial charge in [-0.25, -0.2) is 0 Å². The van der Waals surface area contributed by atoms with E-state index in [0.717, 1.165) is 19.3 Å². The van der Waals surface area contributed by atoms with E-state index in [0.29, 0.717) is 0 Å². The van der Waals surface area contributed by atoms with Gasteiger partial charge in [-0.1, -0.05) is 37.5 Å². The zero-order chi connectivity index (χ0) is 13.9. The Morgan fingerprint density at radius 3 is 2.26 bits per heavy atom. The summed E-state index contributed by atoms with van der Waals surface area (Å²) in [6.07, 6.45) is 6.95. The van der Waals surface area contributed by atoms with Crippen molar-refractivity contribution in [1.82, 2.24) is 0 Å². The average molecular weight is 261 g/mol. The predicted octanol–water partition coefficient (Wildman–Crippen LogP) is 3.52. The van der Waals surface area contributed by atoms with Crippen molar-refractivity contribution in [2.45, 2.75) is 64.0 Å². The average Bonchev–Trinajstić information content (AvgIpc) is 2.43.